The molecule has 0 fully saturated rings. The minimum absolute atomic E-state index is 0.177. The highest BCUT2D eigenvalue weighted by Gasteiger charge is 2.31. The SMILES string of the molecule is O=C(Nc1cc2c(cc1Br)OCCO2)c1ccc(OC(F)(F)F)cc1. The molecular formula is C16H11BrF3NO4. The van der Waals surface area contributed by atoms with Crippen molar-refractivity contribution in [1.29, 1.82) is 0 Å². The Labute approximate surface area is 148 Å². The van der Waals surface area contributed by atoms with Gasteiger partial charge in [-0.3, -0.25) is 4.79 Å². The van der Waals surface area contributed by atoms with E-state index in [1.807, 2.05) is 0 Å². The van der Waals surface area contributed by atoms with Gasteiger partial charge in [0.2, 0.25) is 0 Å². The number of hydrogen-bond acceptors (Lipinski definition) is 4. The van der Waals surface area contributed by atoms with E-state index in [4.69, 9.17) is 9.47 Å². The van der Waals surface area contributed by atoms with E-state index in [0.29, 0.717) is 34.9 Å². The summed E-state index contributed by atoms with van der Waals surface area (Å²) in [5.41, 5.74) is 0.626. The van der Waals surface area contributed by atoms with Crippen LogP contribution in [-0.4, -0.2) is 25.5 Å². The summed E-state index contributed by atoms with van der Waals surface area (Å²) < 4.78 is 51.7. The Morgan fingerprint density at radius 2 is 1.68 bits per heavy atom. The van der Waals surface area contributed by atoms with Gasteiger partial charge in [-0.2, -0.15) is 0 Å². The fourth-order valence-electron chi connectivity index (χ4n) is 2.16. The molecule has 0 atom stereocenters. The smallest absolute Gasteiger partial charge is 0.486 e. The lowest BCUT2D eigenvalue weighted by Gasteiger charge is -2.20. The van der Waals surface area contributed by atoms with E-state index in [1.165, 1.54) is 12.1 Å². The maximum Gasteiger partial charge on any atom is 0.573 e. The first-order chi connectivity index (χ1) is 11.8. The maximum absolute atomic E-state index is 12.3. The van der Waals surface area contributed by atoms with Gasteiger partial charge in [-0.1, -0.05) is 0 Å². The molecule has 0 unspecified atom stereocenters. The molecule has 9 heteroatoms. The molecule has 1 amide bonds. The third-order valence-corrected chi connectivity index (χ3v) is 3.89. The van der Waals surface area contributed by atoms with Crippen LogP contribution in [-0.2, 0) is 0 Å². The van der Waals surface area contributed by atoms with Gasteiger partial charge in [0.15, 0.2) is 11.5 Å². The van der Waals surface area contributed by atoms with Crippen molar-refractivity contribution in [2.24, 2.45) is 0 Å². The minimum Gasteiger partial charge on any atom is -0.486 e. The van der Waals surface area contributed by atoms with E-state index < -0.39 is 18.0 Å². The molecule has 5 nitrogen and oxygen atoms in total. The highest BCUT2D eigenvalue weighted by Crippen LogP contribution is 2.38. The maximum atomic E-state index is 12.3. The van der Waals surface area contributed by atoms with Crippen molar-refractivity contribution in [3.63, 3.8) is 0 Å². The second-order valence-corrected chi connectivity index (χ2v) is 5.86. The third-order valence-electron chi connectivity index (χ3n) is 3.23. The highest BCUT2D eigenvalue weighted by atomic mass is 79.9. The molecule has 1 aliphatic heterocycles. The van der Waals surface area contributed by atoms with Gasteiger partial charge < -0.3 is 19.5 Å². The Hall–Kier alpha value is -2.42. The highest BCUT2D eigenvalue weighted by molar-refractivity contribution is 9.10. The first kappa shape index (κ1) is 17.4. The summed E-state index contributed by atoms with van der Waals surface area (Å²) >= 11 is 3.33. The fraction of sp³-hybridized carbons (Fsp3) is 0.188. The summed E-state index contributed by atoms with van der Waals surface area (Å²) in [6, 6.07) is 7.90. The Kier molecular flexibility index (Phi) is 4.76. The van der Waals surface area contributed by atoms with Gasteiger partial charge in [0.05, 0.1) is 5.69 Å². The van der Waals surface area contributed by atoms with Gasteiger partial charge in [0.25, 0.3) is 5.91 Å². The Morgan fingerprint density at radius 1 is 1.08 bits per heavy atom. The lowest BCUT2D eigenvalue weighted by Crippen LogP contribution is -2.18. The van der Waals surface area contributed by atoms with Crippen molar-refractivity contribution in [3.8, 4) is 17.2 Å². The summed E-state index contributed by atoms with van der Waals surface area (Å²) in [4.78, 5) is 12.3. The van der Waals surface area contributed by atoms with E-state index in [1.54, 1.807) is 12.1 Å². The molecule has 25 heavy (non-hydrogen) atoms. The molecule has 132 valence electrons. The molecular weight excluding hydrogens is 407 g/mol. The molecule has 3 rings (SSSR count). The number of fused-ring (bicyclic) bond motifs is 1. The van der Waals surface area contributed by atoms with Crippen molar-refractivity contribution >= 4 is 27.5 Å². The van der Waals surface area contributed by atoms with Gasteiger partial charge >= 0.3 is 6.36 Å². The van der Waals surface area contributed by atoms with Crippen LogP contribution >= 0.6 is 15.9 Å². The van der Waals surface area contributed by atoms with Crippen molar-refractivity contribution in [2.45, 2.75) is 6.36 Å². The predicted octanol–water partition coefficient (Wildman–Crippen LogP) is 4.37. The standard InChI is InChI=1S/C16H11BrF3NO4/c17-11-7-13-14(24-6-5-23-13)8-12(11)21-15(22)9-1-3-10(4-2-9)25-16(18,19)20/h1-4,7-8H,5-6H2,(H,21,22). The second-order valence-electron chi connectivity index (χ2n) is 5.00. The van der Waals surface area contributed by atoms with Crippen molar-refractivity contribution in [2.75, 3.05) is 18.5 Å². The first-order valence-corrected chi connectivity index (χ1v) is 7.87. The van der Waals surface area contributed by atoms with Crippen LogP contribution in [0.2, 0.25) is 0 Å². The number of rotatable bonds is 3. The number of amides is 1. The van der Waals surface area contributed by atoms with Gasteiger partial charge in [-0.05, 0) is 40.2 Å². The average molecular weight is 418 g/mol. The van der Waals surface area contributed by atoms with E-state index in [2.05, 4.69) is 26.0 Å². The van der Waals surface area contributed by atoms with E-state index >= 15 is 0 Å². The van der Waals surface area contributed by atoms with Crippen LogP contribution in [0.1, 0.15) is 10.4 Å². The summed E-state index contributed by atoms with van der Waals surface area (Å²) in [6.45, 7) is 0.847. The third kappa shape index (κ3) is 4.36. The Bertz CT molecular complexity index is 793. The summed E-state index contributed by atoms with van der Waals surface area (Å²) in [7, 11) is 0. The molecule has 0 spiro atoms. The van der Waals surface area contributed by atoms with Crippen molar-refractivity contribution in [1.82, 2.24) is 0 Å². The van der Waals surface area contributed by atoms with Gasteiger partial charge in [0.1, 0.15) is 19.0 Å². The second kappa shape index (κ2) is 6.83. The molecule has 2 aromatic rings. The summed E-state index contributed by atoms with van der Waals surface area (Å²) in [6.07, 6.45) is -4.78. The van der Waals surface area contributed by atoms with Crippen LogP contribution in [0.4, 0.5) is 18.9 Å². The van der Waals surface area contributed by atoms with Crippen LogP contribution in [0, 0.1) is 0 Å². The molecule has 1 N–H and O–H groups in total. The number of anilines is 1. The van der Waals surface area contributed by atoms with Gasteiger partial charge in [0, 0.05) is 22.2 Å². The zero-order valence-electron chi connectivity index (χ0n) is 12.5. The van der Waals surface area contributed by atoms with Crippen LogP contribution < -0.4 is 19.5 Å². The predicted molar refractivity (Wildman–Crippen MR) is 86.2 cm³/mol. The van der Waals surface area contributed by atoms with E-state index in [-0.39, 0.29) is 5.56 Å². The first-order valence-electron chi connectivity index (χ1n) is 7.08. The number of hydrogen-bond donors (Lipinski definition) is 1. The van der Waals surface area contributed by atoms with Crippen LogP contribution in [0.25, 0.3) is 0 Å². The van der Waals surface area contributed by atoms with Crippen molar-refractivity contribution in [3.05, 3.63) is 46.4 Å². The van der Waals surface area contributed by atoms with Crippen molar-refractivity contribution < 1.29 is 32.2 Å². The summed E-state index contributed by atoms with van der Waals surface area (Å²) in [5, 5.41) is 2.66. The molecule has 0 aromatic heterocycles. The number of benzene rings is 2. The van der Waals surface area contributed by atoms with Crippen LogP contribution in [0.15, 0.2) is 40.9 Å². The zero-order chi connectivity index (χ0) is 18.0. The molecule has 2 aromatic carbocycles. The normalized spacial score (nSPS) is 13.3. The molecule has 0 radical (unpaired) electrons. The lowest BCUT2D eigenvalue weighted by molar-refractivity contribution is -0.274. The van der Waals surface area contributed by atoms with E-state index in [0.717, 1.165) is 12.1 Å². The van der Waals surface area contributed by atoms with Gasteiger partial charge in [-0.25, -0.2) is 0 Å². The van der Waals surface area contributed by atoms with Gasteiger partial charge in [-0.15, -0.1) is 13.2 Å². The molecule has 0 aliphatic carbocycles. The Morgan fingerprint density at radius 3 is 2.28 bits per heavy atom. The fourth-order valence-corrected chi connectivity index (χ4v) is 2.58. The van der Waals surface area contributed by atoms with Crippen LogP contribution in [0.3, 0.4) is 0 Å². The topological polar surface area (TPSA) is 56.8 Å². The number of halogens is 4. The summed E-state index contributed by atoms with van der Waals surface area (Å²) in [5.74, 6) is 0.170. The monoisotopic (exact) mass is 417 g/mol. The number of alkyl halides is 3. The van der Waals surface area contributed by atoms with Crippen LogP contribution in [0.5, 0.6) is 17.2 Å². The molecule has 1 aliphatic rings. The minimum atomic E-state index is -4.78. The zero-order valence-corrected chi connectivity index (χ0v) is 14.1. The molecule has 0 bridgehead atoms. The molecule has 0 saturated heterocycles. The van der Waals surface area contributed by atoms with E-state index in [9.17, 15) is 18.0 Å². The quantitative estimate of drug-likeness (QED) is 0.805. The number of ether oxygens (including phenoxy) is 3. The molecule has 0 saturated carbocycles. The number of nitrogens with one attached hydrogen (secondary N) is 1. The number of carbonyl (C=O) groups is 1. The number of carbonyl (C=O) groups excluding carboxylic acids is 1. The lowest BCUT2D eigenvalue weighted by atomic mass is 10.2. The Balaban J connectivity index is 1.74. The largest absolute Gasteiger partial charge is 0.573 e. The molecule has 1 heterocycles. The average Bonchev–Trinajstić information content (AvgIpc) is 2.54.